The number of carbonyl (C=O) groups is 4. The molecule has 3 aliphatic carbocycles. The smallest absolute Gasteiger partial charge is 0.238 e. The van der Waals surface area contributed by atoms with Crippen molar-refractivity contribution in [3.63, 3.8) is 0 Å². The van der Waals surface area contributed by atoms with Crippen molar-refractivity contribution in [2.75, 3.05) is 12.0 Å². The molecule has 204 valence electrons. The summed E-state index contributed by atoms with van der Waals surface area (Å²) in [6, 6.07) is 8.19. The maximum atomic E-state index is 14.0. The van der Waals surface area contributed by atoms with Crippen LogP contribution in [0.25, 0.3) is 0 Å². The zero-order valence-corrected chi connectivity index (χ0v) is 24.4. The van der Waals surface area contributed by atoms with Crippen LogP contribution in [0.4, 0.5) is 5.69 Å². The average molecular weight is 643 g/mol. The molecule has 1 fully saturated rings. The number of benzene rings is 2. The van der Waals surface area contributed by atoms with E-state index in [1.165, 1.54) is 24.2 Å². The van der Waals surface area contributed by atoms with E-state index < -0.39 is 23.7 Å². The van der Waals surface area contributed by atoms with Gasteiger partial charge in [0.05, 0.1) is 34.1 Å². The largest absolute Gasteiger partial charge is 0.503 e. The van der Waals surface area contributed by atoms with Gasteiger partial charge in [0.25, 0.3) is 0 Å². The van der Waals surface area contributed by atoms with E-state index in [9.17, 15) is 24.3 Å². The lowest BCUT2D eigenvalue weighted by Crippen LogP contribution is -2.39. The van der Waals surface area contributed by atoms with E-state index in [4.69, 9.17) is 27.9 Å². The Kier molecular flexibility index (Phi) is 6.56. The number of phenols is 1. The monoisotopic (exact) mass is 641 g/mol. The molecule has 4 atom stereocenters. The van der Waals surface area contributed by atoms with Crippen molar-refractivity contribution in [1.29, 1.82) is 0 Å². The Balaban J connectivity index is 1.50. The lowest BCUT2D eigenvalue weighted by Gasteiger charge is -2.42. The first-order valence-corrected chi connectivity index (χ1v) is 14.2. The SMILES string of the molecule is COc1cc(C2C3=CCC4C(=O)N(c5ccc(C)c(Cl)c5)C(=O)C4C3CC3=C2C(=O)C=C(Br)C3=O)cc(Cl)c1O. The molecule has 1 heterocycles. The number of allylic oxidation sites excluding steroid dienone is 6. The molecular weight excluding hydrogens is 621 g/mol. The number of imide groups is 1. The fourth-order valence-electron chi connectivity index (χ4n) is 6.48. The molecule has 1 aliphatic heterocycles. The number of methoxy groups -OCH3 is 1. The van der Waals surface area contributed by atoms with Crippen LogP contribution >= 0.6 is 39.1 Å². The zero-order chi connectivity index (χ0) is 28.6. The Labute approximate surface area is 248 Å². The van der Waals surface area contributed by atoms with E-state index in [0.717, 1.165) is 11.1 Å². The van der Waals surface area contributed by atoms with Crippen molar-refractivity contribution in [2.24, 2.45) is 17.8 Å². The fourth-order valence-corrected chi connectivity index (χ4v) is 7.32. The highest BCUT2D eigenvalue weighted by atomic mass is 79.9. The van der Waals surface area contributed by atoms with Crippen LogP contribution in [0.15, 0.2) is 63.7 Å². The van der Waals surface area contributed by atoms with Gasteiger partial charge >= 0.3 is 0 Å². The molecule has 6 rings (SSSR count). The van der Waals surface area contributed by atoms with Crippen LogP contribution in [-0.2, 0) is 19.2 Å². The van der Waals surface area contributed by atoms with Crippen LogP contribution < -0.4 is 9.64 Å². The third-order valence-corrected chi connectivity index (χ3v) is 9.63. The predicted octanol–water partition coefficient (Wildman–Crippen LogP) is 5.98. The molecule has 4 unspecified atom stereocenters. The van der Waals surface area contributed by atoms with Gasteiger partial charge in [0, 0.05) is 28.2 Å². The highest BCUT2D eigenvalue weighted by Gasteiger charge is 2.56. The van der Waals surface area contributed by atoms with Crippen LogP contribution in [0, 0.1) is 24.7 Å². The second-order valence-corrected chi connectivity index (χ2v) is 12.1. The summed E-state index contributed by atoms with van der Waals surface area (Å²) in [5.74, 6) is -4.06. The van der Waals surface area contributed by atoms with Crippen molar-refractivity contribution in [3.8, 4) is 11.5 Å². The minimum absolute atomic E-state index is 0.0220. The van der Waals surface area contributed by atoms with Gasteiger partial charge in [-0.25, -0.2) is 4.90 Å². The van der Waals surface area contributed by atoms with Gasteiger partial charge in [0.15, 0.2) is 23.1 Å². The van der Waals surface area contributed by atoms with Gasteiger partial charge < -0.3 is 9.84 Å². The van der Waals surface area contributed by atoms with E-state index in [0.29, 0.717) is 33.8 Å². The number of fused-ring (bicyclic) bond motifs is 3. The Morgan fingerprint density at radius 2 is 1.77 bits per heavy atom. The van der Waals surface area contributed by atoms with E-state index in [2.05, 4.69) is 15.9 Å². The Morgan fingerprint density at radius 1 is 1.02 bits per heavy atom. The first kappa shape index (κ1) is 27.0. The second-order valence-electron chi connectivity index (χ2n) is 10.4. The third kappa shape index (κ3) is 3.91. The van der Waals surface area contributed by atoms with Crippen LogP contribution in [-0.4, -0.2) is 35.6 Å². The number of aromatic hydroxyl groups is 1. The molecule has 0 bridgehead atoms. The number of hydrogen-bond acceptors (Lipinski definition) is 6. The van der Waals surface area contributed by atoms with E-state index in [-0.39, 0.29) is 50.8 Å². The maximum Gasteiger partial charge on any atom is 0.238 e. The molecule has 2 amide bonds. The Hall–Kier alpha value is -3.20. The molecule has 7 nitrogen and oxygen atoms in total. The van der Waals surface area contributed by atoms with Crippen molar-refractivity contribution in [3.05, 3.63) is 84.9 Å². The van der Waals surface area contributed by atoms with Crippen LogP contribution in [0.5, 0.6) is 11.5 Å². The molecule has 2 aromatic rings. The van der Waals surface area contributed by atoms with E-state index >= 15 is 0 Å². The molecule has 0 saturated carbocycles. The number of amides is 2. The van der Waals surface area contributed by atoms with Crippen molar-refractivity contribution in [2.45, 2.75) is 25.7 Å². The normalized spacial score (nSPS) is 25.9. The van der Waals surface area contributed by atoms with Crippen molar-refractivity contribution in [1.82, 2.24) is 0 Å². The van der Waals surface area contributed by atoms with Gasteiger partial charge in [-0.2, -0.15) is 0 Å². The summed E-state index contributed by atoms with van der Waals surface area (Å²) in [4.78, 5) is 55.6. The van der Waals surface area contributed by atoms with E-state index in [1.54, 1.807) is 24.3 Å². The number of ether oxygens (including phenoxy) is 1. The molecule has 2 aromatic carbocycles. The molecule has 1 saturated heterocycles. The summed E-state index contributed by atoms with van der Waals surface area (Å²) in [6.45, 7) is 1.84. The lowest BCUT2D eigenvalue weighted by atomic mass is 9.59. The summed E-state index contributed by atoms with van der Waals surface area (Å²) in [7, 11) is 1.39. The summed E-state index contributed by atoms with van der Waals surface area (Å²) in [5, 5.41) is 10.8. The number of nitrogens with zero attached hydrogens (tertiary/aromatic N) is 1. The summed E-state index contributed by atoms with van der Waals surface area (Å²) in [6.07, 6.45) is 3.60. The van der Waals surface area contributed by atoms with Crippen molar-refractivity contribution >= 4 is 68.2 Å². The Bertz CT molecular complexity index is 1660. The van der Waals surface area contributed by atoms with Gasteiger partial charge in [-0.15, -0.1) is 0 Å². The highest BCUT2D eigenvalue weighted by molar-refractivity contribution is 9.12. The van der Waals surface area contributed by atoms with Gasteiger partial charge in [0.1, 0.15) is 0 Å². The molecule has 0 aromatic heterocycles. The minimum Gasteiger partial charge on any atom is -0.503 e. The third-order valence-electron chi connectivity index (χ3n) is 8.35. The van der Waals surface area contributed by atoms with Crippen LogP contribution in [0.1, 0.15) is 29.9 Å². The fraction of sp³-hybridized carbons (Fsp3) is 0.267. The number of aryl methyl sites for hydroxylation is 1. The number of hydrogen-bond donors (Lipinski definition) is 1. The quantitative estimate of drug-likeness (QED) is 0.251. The molecule has 1 N–H and O–H groups in total. The number of halogens is 3. The second kappa shape index (κ2) is 9.72. The minimum atomic E-state index is -0.730. The molecule has 4 aliphatic rings. The molecule has 40 heavy (non-hydrogen) atoms. The number of phenolic OH excluding ortho intramolecular Hbond substituents is 1. The van der Waals surface area contributed by atoms with Crippen LogP contribution in [0.3, 0.4) is 0 Å². The average Bonchev–Trinajstić information content (AvgIpc) is 3.18. The zero-order valence-electron chi connectivity index (χ0n) is 21.3. The predicted molar refractivity (Wildman–Crippen MR) is 153 cm³/mol. The van der Waals surface area contributed by atoms with Gasteiger partial charge in [-0.3, -0.25) is 19.2 Å². The maximum absolute atomic E-state index is 14.0. The van der Waals surface area contributed by atoms with Crippen molar-refractivity contribution < 1.29 is 29.0 Å². The standard InChI is InChI=1S/C30H22BrCl2NO6/c1-12-3-4-14(9-20(12)32)34-29(38)16-6-5-15-17(25(16)30(34)39)10-18-26(22(35)11-19(31)27(18)36)24(15)13-7-21(33)28(37)23(8-13)40-2/h3-5,7-9,11,16-17,24-25,37H,6,10H2,1-2H3. The number of ketones is 2. The number of rotatable bonds is 3. The first-order chi connectivity index (χ1) is 19.0. The van der Waals surface area contributed by atoms with Crippen LogP contribution in [0.2, 0.25) is 10.0 Å². The summed E-state index contributed by atoms with van der Waals surface area (Å²) >= 11 is 15.9. The number of carbonyl (C=O) groups excluding carboxylic acids is 4. The molecule has 0 spiro atoms. The highest BCUT2D eigenvalue weighted by Crippen LogP contribution is 2.56. The lowest BCUT2D eigenvalue weighted by molar-refractivity contribution is -0.123. The molecular formula is C30H22BrCl2NO6. The molecule has 10 heteroatoms. The first-order valence-electron chi connectivity index (χ1n) is 12.6. The number of anilines is 1. The summed E-state index contributed by atoms with van der Waals surface area (Å²) in [5.41, 5.74) is 3.12. The van der Waals surface area contributed by atoms with Gasteiger partial charge in [0.2, 0.25) is 11.8 Å². The number of Topliss-reactive ketones (excluding diaryl/α,β-unsaturated/α-hetero) is 1. The Morgan fingerprint density at radius 3 is 2.48 bits per heavy atom. The van der Waals surface area contributed by atoms with E-state index in [1.807, 2.05) is 13.0 Å². The topological polar surface area (TPSA) is 101 Å². The van der Waals surface area contributed by atoms with Gasteiger partial charge in [-0.05, 0) is 77.0 Å². The summed E-state index contributed by atoms with van der Waals surface area (Å²) < 4.78 is 5.46. The molecule has 0 radical (unpaired) electrons. The van der Waals surface area contributed by atoms with Gasteiger partial charge in [-0.1, -0.05) is 40.9 Å².